The van der Waals surface area contributed by atoms with Crippen LogP contribution in [0.4, 0.5) is 0 Å². The van der Waals surface area contributed by atoms with Crippen molar-refractivity contribution in [3.8, 4) is 39.3 Å². The summed E-state index contributed by atoms with van der Waals surface area (Å²) in [5.74, 6) is 0.884. The average molecular weight is 493 g/mol. The Morgan fingerprint density at radius 1 is 0.892 bits per heavy atom. The second-order valence-electron chi connectivity index (χ2n) is 10.4. The lowest BCUT2D eigenvalue weighted by Gasteiger charge is -2.30. The third-order valence-electron chi connectivity index (χ3n) is 6.80. The number of benzene rings is 2. The van der Waals surface area contributed by atoms with Crippen molar-refractivity contribution < 1.29 is 4.74 Å². The molecule has 1 unspecified atom stereocenters. The Balaban J connectivity index is 1.49. The smallest absolute Gasteiger partial charge is 0.119 e. The molecule has 3 heterocycles. The van der Waals surface area contributed by atoms with Crippen molar-refractivity contribution in [2.24, 2.45) is 5.73 Å². The summed E-state index contributed by atoms with van der Waals surface area (Å²) in [4.78, 5) is 11.8. The van der Waals surface area contributed by atoms with E-state index in [0.717, 1.165) is 77.4 Å². The van der Waals surface area contributed by atoms with Crippen LogP contribution in [-0.2, 0) is 6.54 Å². The van der Waals surface area contributed by atoms with Crippen LogP contribution in [0.5, 0.6) is 5.75 Å². The Labute approximate surface area is 220 Å². The molecule has 1 aliphatic rings. The van der Waals surface area contributed by atoms with Crippen molar-refractivity contribution in [3.05, 3.63) is 90.4 Å². The van der Waals surface area contributed by atoms with E-state index in [1.54, 1.807) is 0 Å². The topological polar surface area (TPSA) is 64.3 Å². The summed E-state index contributed by atoms with van der Waals surface area (Å²) in [6, 6.07) is 23.8. The van der Waals surface area contributed by atoms with Gasteiger partial charge in [0.05, 0.1) is 11.8 Å². The Bertz CT molecular complexity index is 1330. The number of nitrogens with zero attached hydrogens (tertiary/aromatic N) is 3. The van der Waals surface area contributed by atoms with Gasteiger partial charge in [-0.25, -0.2) is 0 Å². The van der Waals surface area contributed by atoms with Gasteiger partial charge in [0.25, 0.3) is 0 Å². The zero-order valence-corrected chi connectivity index (χ0v) is 22.0. The first kappa shape index (κ1) is 25.1. The minimum Gasteiger partial charge on any atom is -0.491 e. The molecule has 1 aliphatic heterocycles. The molecule has 2 aromatic heterocycles. The zero-order chi connectivity index (χ0) is 25.8. The number of likely N-dealkylation sites (tertiary alicyclic amines) is 1. The maximum absolute atomic E-state index is 6.27. The Hall–Kier alpha value is -3.54. The highest BCUT2D eigenvalue weighted by atomic mass is 16.5. The van der Waals surface area contributed by atoms with Crippen LogP contribution in [0.2, 0.25) is 0 Å². The van der Waals surface area contributed by atoms with Crippen LogP contribution in [0.3, 0.4) is 0 Å². The minimum absolute atomic E-state index is 0.157. The fraction of sp³-hybridized carbons (Fsp3) is 0.312. The van der Waals surface area contributed by atoms with Gasteiger partial charge in [-0.1, -0.05) is 18.2 Å². The van der Waals surface area contributed by atoms with E-state index >= 15 is 0 Å². The van der Waals surface area contributed by atoms with E-state index in [0.29, 0.717) is 0 Å². The number of nitrogens with two attached hydrogens (primary N) is 1. The molecule has 0 saturated carbocycles. The summed E-state index contributed by atoms with van der Waals surface area (Å²) in [5.41, 5.74) is 15.2. The van der Waals surface area contributed by atoms with Gasteiger partial charge >= 0.3 is 0 Å². The van der Waals surface area contributed by atoms with E-state index in [-0.39, 0.29) is 12.1 Å². The van der Waals surface area contributed by atoms with Gasteiger partial charge in [0.2, 0.25) is 0 Å². The van der Waals surface area contributed by atoms with Gasteiger partial charge in [-0.3, -0.25) is 14.9 Å². The second-order valence-corrected chi connectivity index (χ2v) is 10.4. The monoisotopic (exact) mass is 492 g/mol. The number of piperidine rings is 1. The molecule has 0 bridgehead atoms. The number of hydrogen-bond acceptors (Lipinski definition) is 5. The highest BCUT2D eigenvalue weighted by Crippen LogP contribution is 2.31. The minimum atomic E-state index is 0.157. The van der Waals surface area contributed by atoms with E-state index in [1.807, 2.05) is 45.3 Å². The third kappa shape index (κ3) is 6.43. The highest BCUT2D eigenvalue weighted by Gasteiger charge is 2.18. The lowest BCUT2D eigenvalue weighted by atomic mass is 9.96. The molecule has 0 radical (unpaired) electrons. The first-order chi connectivity index (χ1) is 17.9. The van der Waals surface area contributed by atoms with E-state index in [9.17, 15) is 0 Å². The van der Waals surface area contributed by atoms with Crippen molar-refractivity contribution >= 4 is 0 Å². The first-order valence-corrected chi connectivity index (χ1v) is 13.2. The van der Waals surface area contributed by atoms with Crippen LogP contribution in [-0.4, -0.2) is 40.1 Å². The van der Waals surface area contributed by atoms with Gasteiger partial charge in [-0.2, -0.15) is 0 Å². The standard InChI is InChI=1S/C32H36N4O/c1-22(2)37-31-10-8-25(9-11-31)26-12-13-34-32(18-26)29-16-24(20-36-14-4-5-30(33)21-36)15-28(17-29)27-7-6-23(3)35-19-27/h6-13,15-19,22,30H,4-5,14,20-21,33H2,1-3H3. The number of aromatic nitrogens is 2. The largest absolute Gasteiger partial charge is 0.491 e. The fourth-order valence-corrected chi connectivity index (χ4v) is 5.00. The molecule has 0 amide bonds. The van der Waals surface area contributed by atoms with Crippen LogP contribution >= 0.6 is 0 Å². The lowest BCUT2D eigenvalue weighted by molar-refractivity contribution is 0.201. The van der Waals surface area contributed by atoms with E-state index in [2.05, 4.69) is 64.5 Å². The first-order valence-electron chi connectivity index (χ1n) is 13.2. The number of hydrogen-bond donors (Lipinski definition) is 1. The van der Waals surface area contributed by atoms with Gasteiger partial charge in [0, 0.05) is 48.3 Å². The molecule has 0 spiro atoms. The SMILES string of the molecule is Cc1ccc(-c2cc(CN3CCCC(N)C3)cc(-c3cc(-c4ccc(OC(C)C)cc4)ccn3)c2)cn1. The lowest BCUT2D eigenvalue weighted by Crippen LogP contribution is -2.42. The summed E-state index contributed by atoms with van der Waals surface area (Å²) < 4.78 is 5.81. The second kappa shape index (κ2) is 11.2. The predicted octanol–water partition coefficient (Wildman–Crippen LogP) is 6.50. The Morgan fingerprint density at radius 2 is 1.68 bits per heavy atom. The van der Waals surface area contributed by atoms with Crippen molar-refractivity contribution in [2.45, 2.75) is 52.3 Å². The molecule has 37 heavy (non-hydrogen) atoms. The summed E-state index contributed by atoms with van der Waals surface area (Å²) in [6.07, 6.45) is 6.27. The van der Waals surface area contributed by atoms with Crippen LogP contribution in [0.1, 0.15) is 37.9 Å². The summed E-state index contributed by atoms with van der Waals surface area (Å²) >= 11 is 0. The molecule has 1 saturated heterocycles. The summed E-state index contributed by atoms with van der Waals surface area (Å²) in [7, 11) is 0. The maximum atomic E-state index is 6.27. The van der Waals surface area contributed by atoms with E-state index in [1.165, 1.54) is 5.56 Å². The van der Waals surface area contributed by atoms with Crippen LogP contribution in [0.15, 0.2) is 79.1 Å². The van der Waals surface area contributed by atoms with Crippen LogP contribution < -0.4 is 10.5 Å². The number of rotatable bonds is 7. The quantitative estimate of drug-likeness (QED) is 0.319. The van der Waals surface area contributed by atoms with Gasteiger partial charge in [-0.15, -0.1) is 0 Å². The summed E-state index contributed by atoms with van der Waals surface area (Å²) in [6.45, 7) is 9.00. The van der Waals surface area contributed by atoms with Crippen LogP contribution in [0, 0.1) is 6.92 Å². The van der Waals surface area contributed by atoms with Crippen molar-refractivity contribution in [1.29, 1.82) is 0 Å². The molecule has 2 aromatic carbocycles. The normalized spacial score (nSPS) is 16.2. The molecule has 2 N–H and O–H groups in total. The molecule has 5 rings (SSSR count). The van der Waals surface area contributed by atoms with Crippen molar-refractivity contribution in [3.63, 3.8) is 0 Å². The van der Waals surface area contributed by atoms with E-state index < -0.39 is 0 Å². The molecule has 0 aliphatic carbocycles. The number of aryl methyl sites for hydroxylation is 1. The molecular weight excluding hydrogens is 456 g/mol. The van der Waals surface area contributed by atoms with E-state index in [4.69, 9.17) is 15.5 Å². The molecule has 190 valence electrons. The Morgan fingerprint density at radius 3 is 2.41 bits per heavy atom. The summed E-state index contributed by atoms with van der Waals surface area (Å²) in [5, 5.41) is 0. The maximum Gasteiger partial charge on any atom is 0.119 e. The zero-order valence-electron chi connectivity index (χ0n) is 22.0. The predicted molar refractivity (Wildman–Crippen MR) is 151 cm³/mol. The van der Waals surface area contributed by atoms with Crippen LogP contribution in [0.25, 0.3) is 33.5 Å². The third-order valence-corrected chi connectivity index (χ3v) is 6.80. The number of pyridine rings is 2. The van der Waals surface area contributed by atoms with Gasteiger partial charge in [0.1, 0.15) is 5.75 Å². The van der Waals surface area contributed by atoms with Gasteiger partial charge in [0.15, 0.2) is 0 Å². The highest BCUT2D eigenvalue weighted by molar-refractivity contribution is 5.75. The van der Waals surface area contributed by atoms with Gasteiger partial charge < -0.3 is 10.5 Å². The number of ether oxygens (including phenoxy) is 1. The molecule has 5 heteroatoms. The Kier molecular flexibility index (Phi) is 7.63. The van der Waals surface area contributed by atoms with Crippen molar-refractivity contribution in [2.75, 3.05) is 13.1 Å². The molecular formula is C32H36N4O. The molecule has 1 atom stereocenters. The average Bonchev–Trinajstić information content (AvgIpc) is 2.89. The molecule has 5 nitrogen and oxygen atoms in total. The van der Waals surface area contributed by atoms with Crippen molar-refractivity contribution in [1.82, 2.24) is 14.9 Å². The molecule has 1 fully saturated rings. The fourth-order valence-electron chi connectivity index (χ4n) is 5.00. The van der Waals surface area contributed by atoms with Gasteiger partial charge in [-0.05, 0) is 111 Å². The molecule has 4 aromatic rings.